The molecule has 21 heavy (non-hydrogen) atoms. The van der Waals surface area contributed by atoms with Crippen LogP contribution in [0.5, 0.6) is 5.75 Å². The lowest BCUT2D eigenvalue weighted by Crippen LogP contribution is -2.27. The molecule has 6 heteroatoms. The predicted octanol–water partition coefficient (Wildman–Crippen LogP) is 2.83. The van der Waals surface area contributed by atoms with Crippen LogP contribution in [0.25, 0.3) is 0 Å². The number of amides is 1. The van der Waals surface area contributed by atoms with Crippen molar-refractivity contribution in [2.75, 3.05) is 24.8 Å². The highest BCUT2D eigenvalue weighted by Crippen LogP contribution is 2.23. The summed E-state index contributed by atoms with van der Waals surface area (Å²) in [4.78, 5) is 13.5. The summed E-state index contributed by atoms with van der Waals surface area (Å²) in [5.74, 6) is -1.76. The highest BCUT2D eigenvalue weighted by Gasteiger charge is 2.20. The third kappa shape index (κ3) is 2.94. The number of hydrogen-bond donors (Lipinski definition) is 1. The molecule has 0 aliphatic rings. The normalized spacial score (nSPS) is 10.3. The van der Waals surface area contributed by atoms with Crippen LogP contribution in [-0.4, -0.2) is 20.1 Å². The topological polar surface area (TPSA) is 55.6 Å². The smallest absolute Gasteiger partial charge is 0.261 e. The van der Waals surface area contributed by atoms with E-state index in [9.17, 15) is 13.6 Å². The quantitative estimate of drug-likeness (QED) is 0.885. The Hall–Kier alpha value is -2.63. The molecule has 0 saturated heterocycles. The van der Waals surface area contributed by atoms with Crippen LogP contribution in [0.4, 0.5) is 20.2 Å². The highest BCUT2D eigenvalue weighted by atomic mass is 19.1. The van der Waals surface area contributed by atoms with Crippen LogP contribution in [0, 0.1) is 11.6 Å². The molecule has 2 aromatic carbocycles. The van der Waals surface area contributed by atoms with Gasteiger partial charge in [0.1, 0.15) is 11.6 Å². The summed E-state index contributed by atoms with van der Waals surface area (Å²) in [6, 6.07) is 8.26. The Kier molecular flexibility index (Phi) is 4.07. The molecule has 2 N–H and O–H groups in total. The molecule has 0 spiro atoms. The molecule has 110 valence electrons. The zero-order valence-electron chi connectivity index (χ0n) is 11.6. The summed E-state index contributed by atoms with van der Waals surface area (Å²) in [5, 5.41) is 0. The molecular weight excluding hydrogens is 278 g/mol. The van der Waals surface area contributed by atoms with E-state index in [1.54, 1.807) is 24.3 Å². The van der Waals surface area contributed by atoms with Crippen molar-refractivity contribution in [3.05, 3.63) is 53.6 Å². The zero-order chi connectivity index (χ0) is 15.6. The van der Waals surface area contributed by atoms with E-state index in [1.807, 2.05) is 0 Å². The number of carbonyl (C=O) groups is 1. The number of nitrogens with two attached hydrogens (primary N) is 1. The van der Waals surface area contributed by atoms with Crippen LogP contribution >= 0.6 is 0 Å². The first-order valence-corrected chi connectivity index (χ1v) is 6.10. The van der Waals surface area contributed by atoms with Crippen LogP contribution in [0.3, 0.4) is 0 Å². The first-order valence-electron chi connectivity index (χ1n) is 6.10. The van der Waals surface area contributed by atoms with E-state index in [2.05, 4.69) is 0 Å². The van der Waals surface area contributed by atoms with Gasteiger partial charge in [-0.3, -0.25) is 4.79 Å². The summed E-state index contributed by atoms with van der Waals surface area (Å²) in [5.41, 5.74) is 5.04. The lowest BCUT2D eigenvalue weighted by Gasteiger charge is -2.18. The molecule has 0 unspecified atom stereocenters. The van der Waals surface area contributed by atoms with Crippen LogP contribution < -0.4 is 15.4 Å². The molecule has 2 aromatic rings. The molecule has 0 aliphatic heterocycles. The summed E-state index contributed by atoms with van der Waals surface area (Å²) in [6.45, 7) is 0. The largest absolute Gasteiger partial charge is 0.497 e. The third-order valence-electron chi connectivity index (χ3n) is 3.06. The van der Waals surface area contributed by atoms with E-state index in [4.69, 9.17) is 10.5 Å². The van der Waals surface area contributed by atoms with Crippen molar-refractivity contribution in [2.24, 2.45) is 0 Å². The minimum Gasteiger partial charge on any atom is -0.497 e. The second-order valence-electron chi connectivity index (χ2n) is 4.42. The standard InChI is InChI=1S/C15H14F2N2O2/c1-19(10-3-5-11(21-2)6-4-10)15(20)12-7-9(16)8-13(18)14(12)17/h3-8H,18H2,1-2H3. The van der Waals surface area contributed by atoms with Crippen molar-refractivity contribution in [1.29, 1.82) is 0 Å². The van der Waals surface area contributed by atoms with Gasteiger partial charge in [-0.25, -0.2) is 8.78 Å². The number of methoxy groups -OCH3 is 1. The van der Waals surface area contributed by atoms with Crippen molar-refractivity contribution in [3.63, 3.8) is 0 Å². The summed E-state index contributed by atoms with van der Waals surface area (Å²) < 4.78 is 32.2. The van der Waals surface area contributed by atoms with Gasteiger partial charge in [0.15, 0.2) is 5.82 Å². The molecule has 0 aliphatic carbocycles. The van der Waals surface area contributed by atoms with Crippen molar-refractivity contribution >= 4 is 17.3 Å². The van der Waals surface area contributed by atoms with Crippen LogP contribution in [0.15, 0.2) is 36.4 Å². The number of rotatable bonds is 3. The maximum absolute atomic E-state index is 13.9. The second-order valence-corrected chi connectivity index (χ2v) is 4.42. The van der Waals surface area contributed by atoms with E-state index in [-0.39, 0.29) is 0 Å². The van der Waals surface area contributed by atoms with Gasteiger partial charge in [-0.2, -0.15) is 0 Å². The first kappa shape index (κ1) is 14.8. The molecule has 0 saturated carbocycles. The van der Waals surface area contributed by atoms with Crippen LogP contribution in [0.1, 0.15) is 10.4 Å². The number of anilines is 2. The Bertz CT molecular complexity index is 672. The van der Waals surface area contributed by atoms with E-state index in [0.29, 0.717) is 11.4 Å². The van der Waals surface area contributed by atoms with Gasteiger partial charge in [0.2, 0.25) is 0 Å². The number of nitrogen functional groups attached to an aromatic ring is 1. The van der Waals surface area contributed by atoms with Gasteiger partial charge in [0.25, 0.3) is 5.91 Å². The third-order valence-corrected chi connectivity index (χ3v) is 3.06. The molecule has 0 bridgehead atoms. The van der Waals surface area contributed by atoms with Gasteiger partial charge in [-0.15, -0.1) is 0 Å². The Morgan fingerprint density at radius 2 is 1.81 bits per heavy atom. The molecule has 4 nitrogen and oxygen atoms in total. The van der Waals surface area contributed by atoms with Gasteiger partial charge in [0.05, 0.1) is 18.4 Å². The number of halogens is 2. The average molecular weight is 292 g/mol. The fraction of sp³-hybridized carbons (Fsp3) is 0.133. The van der Waals surface area contributed by atoms with Gasteiger partial charge >= 0.3 is 0 Å². The van der Waals surface area contributed by atoms with Crippen molar-refractivity contribution in [3.8, 4) is 5.75 Å². The number of benzene rings is 2. The van der Waals surface area contributed by atoms with Gasteiger partial charge in [0, 0.05) is 12.7 Å². The number of carbonyl (C=O) groups excluding carboxylic acids is 1. The average Bonchev–Trinajstić information content (AvgIpc) is 2.49. The molecule has 1 amide bonds. The maximum Gasteiger partial charge on any atom is 0.261 e. The maximum atomic E-state index is 13.9. The summed E-state index contributed by atoms with van der Waals surface area (Å²) in [6.07, 6.45) is 0. The molecule has 0 fully saturated rings. The number of ether oxygens (including phenoxy) is 1. The zero-order valence-corrected chi connectivity index (χ0v) is 11.6. The second kappa shape index (κ2) is 5.78. The van der Waals surface area contributed by atoms with Gasteiger partial charge in [-0.05, 0) is 36.4 Å². The Balaban J connectivity index is 2.34. The molecule has 0 radical (unpaired) electrons. The lowest BCUT2D eigenvalue weighted by atomic mass is 10.1. The van der Waals surface area contributed by atoms with Crippen molar-refractivity contribution in [2.45, 2.75) is 0 Å². The molecule has 2 rings (SSSR count). The highest BCUT2D eigenvalue weighted by molar-refractivity contribution is 6.06. The molecule has 0 aromatic heterocycles. The number of nitrogens with zero attached hydrogens (tertiary/aromatic N) is 1. The van der Waals surface area contributed by atoms with Crippen LogP contribution in [0.2, 0.25) is 0 Å². The minimum atomic E-state index is -0.929. The fourth-order valence-electron chi connectivity index (χ4n) is 1.87. The van der Waals surface area contributed by atoms with Crippen LogP contribution in [-0.2, 0) is 0 Å². The number of hydrogen-bond acceptors (Lipinski definition) is 3. The van der Waals surface area contributed by atoms with E-state index >= 15 is 0 Å². The molecule has 0 atom stereocenters. The fourth-order valence-corrected chi connectivity index (χ4v) is 1.87. The first-order chi connectivity index (χ1) is 9.93. The van der Waals surface area contributed by atoms with E-state index in [1.165, 1.54) is 19.1 Å². The summed E-state index contributed by atoms with van der Waals surface area (Å²) >= 11 is 0. The van der Waals surface area contributed by atoms with Gasteiger partial charge in [-0.1, -0.05) is 0 Å². The molecule has 0 heterocycles. The van der Waals surface area contributed by atoms with Crippen molar-refractivity contribution < 1.29 is 18.3 Å². The molecular formula is C15H14F2N2O2. The lowest BCUT2D eigenvalue weighted by molar-refractivity contribution is 0.0988. The Morgan fingerprint density at radius 1 is 1.19 bits per heavy atom. The monoisotopic (exact) mass is 292 g/mol. The minimum absolute atomic E-state index is 0.401. The Morgan fingerprint density at radius 3 is 2.38 bits per heavy atom. The Labute approximate surface area is 120 Å². The predicted molar refractivity (Wildman–Crippen MR) is 76.5 cm³/mol. The van der Waals surface area contributed by atoms with E-state index < -0.39 is 28.8 Å². The summed E-state index contributed by atoms with van der Waals surface area (Å²) in [7, 11) is 2.99. The van der Waals surface area contributed by atoms with E-state index in [0.717, 1.165) is 12.1 Å². The van der Waals surface area contributed by atoms with Gasteiger partial charge < -0.3 is 15.4 Å². The van der Waals surface area contributed by atoms with Crippen molar-refractivity contribution in [1.82, 2.24) is 0 Å². The SMILES string of the molecule is COc1ccc(N(C)C(=O)c2cc(F)cc(N)c2F)cc1.